The smallest absolute Gasteiger partial charge is 0.250 e. The number of amides is 1. The number of benzene rings is 1. The molecule has 0 bridgehead atoms. The molecule has 1 aromatic carbocycles. The van der Waals surface area contributed by atoms with Gasteiger partial charge in [0.25, 0.3) is 0 Å². The van der Waals surface area contributed by atoms with Crippen molar-refractivity contribution in [2.45, 2.75) is 0 Å². The third-order valence-corrected chi connectivity index (χ3v) is 3.03. The van der Waals surface area contributed by atoms with Gasteiger partial charge in [-0.05, 0) is 23.8 Å². The van der Waals surface area contributed by atoms with Gasteiger partial charge in [0.1, 0.15) is 12.4 Å². The van der Waals surface area contributed by atoms with E-state index in [1.807, 2.05) is 24.3 Å². The molecule has 0 spiro atoms. The Morgan fingerprint density at radius 2 is 2.20 bits per heavy atom. The third kappa shape index (κ3) is 4.37. The largest absolute Gasteiger partial charge is 0.490 e. The number of rotatable bonds is 6. The van der Waals surface area contributed by atoms with Crippen LogP contribution in [0.4, 0.5) is 5.13 Å². The van der Waals surface area contributed by atoms with Gasteiger partial charge in [-0.25, -0.2) is 4.98 Å². The van der Waals surface area contributed by atoms with Crippen molar-refractivity contribution in [3.8, 4) is 5.75 Å². The van der Waals surface area contributed by atoms with Crippen LogP contribution in [0.2, 0.25) is 0 Å². The number of aromatic nitrogens is 1. The Kier molecular flexibility index (Phi) is 5.08. The van der Waals surface area contributed by atoms with Crippen molar-refractivity contribution in [1.82, 2.24) is 4.98 Å². The van der Waals surface area contributed by atoms with Gasteiger partial charge in [-0.15, -0.1) is 11.3 Å². The van der Waals surface area contributed by atoms with Crippen molar-refractivity contribution in [3.05, 3.63) is 60.1 Å². The molecule has 4 nitrogen and oxygen atoms in total. The first-order valence-corrected chi connectivity index (χ1v) is 6.88. The monoisotopic (exact) mass is 286 g/mol. The Morgan fingerprint density at radius 1 is 1.40 bits per heavy atom. The number of ether oxygens (including phenoxy) is 1. The number of carbonyl (C=O) groups is 1. The normalized spacial score (nSPS) is 10.4. The lowest BCUT2D eigenvalue weighted by atomic mass is 10.2. The van der Waals surface area contributed by atoms with E-state index in [9.17, 15) is 4.79 Å². The summed E-state index contributed by atoms with van der Waals surface area (Å²) in [6, 6.07) is 7.46. The molecule has 0 saturated carbocycles. The van der Waals surface area contributed by atoms with Gasteiger partial charge in [0.05, 0.1) is 0 Å². The first-order valence-electron chi connectivity index (χ1n) is 6.00. The summed E-state index contributed by atoms with van der Waals surface area (Å²) in [5.41, 5.74) is 0.922. The topological polar surface area (TPSA) is 51.2 Å². The molecule has 0 fully saturated rings. The van der Waals surface area contributed by atoms with Gasteiger partial charge < -0.3 is 4.74 Å². The molecule has 0 unspecified atom stereocenters. The van der Waals surface area contributed by atoms with Gasteiger partial charge in [-0.1, -0.05) is 24.8 Å². The fourth-order valence-electron chi connectivity index (χ4n) is 1.43. The van der Waals surface area contributed by atoms with Crippen molar-refractivity contribution in [3.63, 3.8) is 0 Å². The summed E-state index contributed by atoms with van der Waals surface area (Å²) >= 11 is 1.38. The van der Waals surface area contributed by atoms with Crippen LogP contribution in [-0.2, 0) is 4.79 Å². The lowest BCUT2D eigenvalue weighted by Gasteiger charge is -2.02. The minimum atomic E-state index is -0.202. The number of nitrogens with zero attached hydrogens (tertiary/aromatic N) is 1. The van der Waals surface area contributed by atoms with Crippen molar-refractivity contribution in [2.75, 3.05) is 11.9 Å². The Hall–Kier alpha value is -2.40. The summed E-state index contributed by atoms with van der Waals surface area (Å²) in [6.45, 7) is 4.07. The number of anilines is 1. The van der Waals surface area contributed by atoms with Gasteiger partial charge >= 0.3 is 0 Å². The third-order valence-electron chi connectivity index (χ3n) is 2.34. The molecule has 0 aliphatic rings. The van der Waals surface area contributed by atoms with Crippen LogP contribution in [-0.4, -0.2) is 17.5 Å². The quantitative estimate of drug-likeness (QED) is 0.654. The van der Waals surface area contributed by atoms with E-state index in [-0.39, 0.29) is 5.91 Å². The number of thiazole rings is 1. The molecule has 102 valence electrons. The molecular weight excluding hydrogens is 272 g/mol. The first-order chi connectivity index (χ1) is 9.78. The number of carbonyl (C=O) groups excluding carboxylic acids is 1. The predicted octanol–water partition coefficient (Wildman–Crippen LogP) is 3.36. The van der Waals surface area contributed by atoms with Gasteiger partial charge in [-0.2, -0.15) is 0 Å². The van der Waals surface area contributed by atoms with Crippen molar-refractivity contribution >= 4 is 28.5 Å². The highest BCUT2D eigenvalue weighted by molar-refractivity contribution is 7.13. The maximum absolute atomic E-state index is 11.6. The minimum Gasteiger partial charge on any atom is -0.490 e. The van der Waals surface area contributed by atoms with Crippen molar-refractivity contribution in [2.24, 2.45) is 0 Å². The minimum absolute atomic E-state index is 0.202. The summed E-state index contributed by atoms with van der Waals surface area (Å²) in [4.78, 5) is 15.6. The van der Waals surface area contributed by atoms with E-state index in [0.717, 1.165) is 11.3 Å². The average Bonchev–Trinajstić information content (AvgIpc) is 2.97. The zero-order valence-corrected chi connectivity index (χ0v) is 11.6. The molecule has 0 radical (unpaired) electrons. The number of hydrogen-bond acceptors (Lipinski definition) is 4. The molecule has 0 saturated heterocycles. The number of hydrogen-bond donors (Lipinski definition) is 1. The van der Waals surface area contributed by atoms with Crippen LogP contribution in [0.3, 0.4) is 0 Å². The lowest BCUT2D eigenvalue weighted by molar-refractivity contribution is -0.111. The second kappa shape index (κ2) is 7.25. The summed E-state index contributed by atoms with van der Waals surface area (Å²) < 4.78 is 5.38. The Labute approximate surface area is 121 Å². The van der Waals surface area contributed by atoms with Gasteiger partial charge in [0.2, 0.25) is 5.91 Å². The van der Waals surface area contributed by atoms with E-state index in [1.54, 1.807) is 23.7 Å². The van der Waals surface area contributed by atoms with E-state index >= 15 is 0 Å². The van der Waals surface area contributed by atoms with E-state index in [2.05, 4.69) is 16.9 Å². The molecule has 5 heteroatoms. The molecule has 0 aliphatic carbocycles. The Morgan fingerprint density at radius 3 is 2.85 bits per heavy atom. The molecule has 2 rings (SSSR count). The number of nitrogens with one attached hydrogen (secondary N) is 1. The van der Waals surface area contributed by atoms with E-state index in [4.69, 9.17) is 4.74 Å². The Balaban J connectivity index is 1.90. The fourth-order valence-corrected chi connectivity index (χ4v) is 1.97. The highest BCUT2D eigenvalue weighted by Crippen LogP contribution is 2.14. The predicted molar refractivity (Wildman–Crippen MR) is 81.9 cm³/mol. The Bertz CT molecular complexity index is 589. The molecule has 1 N–H and O–H groups in total. The van der Waals surface area contributed by atoms with Crippen LogP contribution in [0.5, 0.6) is 5.75 Å². The summed E-state index contributed by atoms with van der Waals surface area (Å²) in [6.07, 6.45) is 6.55. The fraction of sp³-hybridized carbons (Fsp3) is 0.0667. The van der Waals surface area contributed by atoms with Crippen LogP contribution in [0, 0.1) is 0 Å². The molecule has 1 amide bonds. The SMILES string of the molecule is C=CCOc1ccc(C=CC(=O)Nc2nccs2)cc1. The van der Waals surface area contributed by atoms with Crippen molar-refractivity contribution < 1.29 is 9.53 Å². The van der Waals surface area contributed by atoms with Gasteiger partial charge in [-0.3, -0.25) is 10.1 Å². The summed E-state index contributed by atoms with van der Waals surface area (Å²) in [7, 11) is 0. The molecular formula is C15H14N2O2S. The summed E-state index contributed by atoms with van der Waals surface area (Å²) in [5, 5.41) is 5.07. The van der Waals surface area contributed by atoms with Crippen LogP contribution in [0.15, 0.2) is 54.6 Å². The highest BCUT2D eigenvalue weighted by atomic mass is 32.1. The molecule has 2 aromatic rings. The zero-order valence-electron chi connectivity index (χ0n) is 10.8. The summed E-state index contributed by atoms with van der Waals surface area (Å²) in [5.74, 6) is 0.571. The second-order valence-corrected chi connectivity index (χ2v) is 4.72. The van der Waals surface area contributed by atoms with Crippen LogP contribution in [0.1, 0.15) is 5.56 Å². The van der Waals surface area contributed by atoms with Gasteiger partial charge in [0, 0.05) is 17.7 Å². The standard InChI is InChI=1S/C15H14N2O2S/c1-2-10-19-13-6-3-12(4-7-13)5-8-14(18)17-15-16-9-11-20-15/h2-9,11H,1,10H2,(H,16,17,18). The van der Waals surface area contributed by atoms with Crippen LogP contribution < -0.4 is 10.1 Å². The molecule has 20 heavy (non-hydrogen) atoms. The highest BCUT2D eigenvalue weighted by Gasteiger charge is 1.99. The van der Waals surface area contributed by atoms with Crippen LogP contribution in [0.25, 0.3) is 6.08 Å². The molecule has 1 heterocycles. The molecule has 0 aliphatic heterocycles. The average molecular weight is 286 g/mol. The van der Waals surface area contributed by atoms with E-state index in [0.29, 0.717) is 11.7 Å². The second-order valence-electron chi connectivity index (χ2n) is 3.83. The maximum Gasteiger partial charge on any atom is 0.250 e. The van der Waals surface area contributed by atoms with E-state index in [1.165, 1.54) is 17.4 Å². The van der Waals surface area contributed by atoms with Gasteiger partial charge in [0.15, 0.2) is 5.13 Å². The van der Waals surface area contributed by atoms with Crippen molar-refractivity contribution in [1.29, 1.82) is 0 Å². The lowest BCUT2D eigenvalue weighted by Crippen LogP contribution is -2.06. The van der Waals surface area contributed by atoms with Crippen LogP contribution >= 0.6 is 11.3 Å². The van der Waals surface area contributed by atoms with E-state index < -0.39 is 0 Å². The molecule has 1 aromatic heterocycles. The zero-order chi connectivity index (χ0) is 14.2. The molecule has 0 atom stereocenters. The maximum atomic E-state index is 11.6. The first kappa shape index (κ1) is 14.0.